The molecule has 0 N–H and O–H groups in total. The number of carbonyl (C=O) groups is 1. The zero-order valence-electron chi connectivity index (χ0n) is 7.42. The minimum Gasteiger partial charge on any atom is -0.284 e. The Balaban J connectivity index is 3.28. The van der Waals surface area contributed by atoms with Gasteiger partial charge in [0.25, 0.3) is 11.5 Å². The molecule has 0 amide bonds. The van der Waals surface area contributed by atoms with Crippen molar-refractivity contribution in [1.82, 2.24) is 0 Å². The third-order valence-corrected chi connectivity index (χ3v) is 1.66. The van der Waals surface area contributed by atoms with Crippen molar-refractivity contribution in [2.45, 2.75) is 6.18 Å². The van der Waals surface area contributed by atoms with Gasteiger partial charge in [0.15, 0.2) is 0 Å². The number of non-ortho nitro benzene ring substituents is 1. The number of carbonyl (C=O) groups excluding carboxylic acids is 1. The molecule has 0 unspecified atom stereocenters. The van der Waals surface area contributed by atoms with E-state index >= 15 is 0 Å². The van der Waals surface area contributed by atoms with Crippen LogP contribution in [0.3, 0.4) is 0 Å². The zero-order valence-corrected chi connectivity index (χ0v) is 7.42. The molecule has 0 saturated heterocycles. The molecule has 0 fully saturated rings. The second kappa shape index (κ2) is 3.87. The van der Waals surface area contributed by atoms with Gasteiger partial charge in [0.1, 0.15) is 5.82 Å². The van der Waals surface area contributed by atoms with Gasteiger partial charge in [-0.05, 0) is 6.07 Å². The molecule has 0 spiro atoms. The second-order valence-corrected chi connectivity index (χ2v) is 2.75. The number of hydrogen-bond donors (Lipinski definition) is 0. The Labute approximate surface area is 85.6 Å². The van der Waals surface area contributed by atoms with E-state index in [4.69, 9.17) is 0 Å². The smallest absolute Gasteiger partial charge is 0.284 e. The summed E-state index contributed by atoms with van der Waals surface area (Å²) in [6.07, 6.45) is -5.27. The molecule has 1 rings (SSSR count). The summed E-state index contributed by atoms with van der Waals surface area (Å²) in [5, 5.41) is 10.2. The van der Waals surface area contributed by atoms with Crippen molar-refractivity contribution in [2.24, 2.45) is 0 Å². The lowest BCUT2D eigenvalue weighted by molar-refractivity contribution is -0.384. The fraction of sp³-hybridized carbons (Fsp3) is 0.125. The summed E-state index contributed by atoms with van der Waals surface area (Å²) >= 11 is 0. The van der Waals surface area contributed by atoms with E-state index in [1.54, 1.807) is 0 Å². The minimum atomic E-state index is -5.27. The summed E-state index contributed by atoms with van der Waals surface area (Å²) in [6.45, 7) is 0. The molecule has 0 heterocycles. The average Bonchev–Trinajstić information content (AvgIpc) is 2.15. The number of nitro benzene ring substituents is 1. The highest BCUT2D eigenvalue weighted by Gasteiger charge is 2.41. The van der Waals surface area contributed by atoms with Gasteiger partial charge >= 0.3 is 6.18 Å². The number of alkyl halides is 3. The van der Waals surface area contributed by atoms with Crippen LogP contribution in [0.4, 0.5) is 23.2 Å². The third kappa shape index (κ3) is 2.33. The third-order valence-electron chi connectivity index (χ3n) is 1.66. The van der Waals surface area contributed by atoms with E-state index in [1.165, 1.54) is 0 Å². The Kier molecular flexibility index (Phi) is 2.92. The summed E-state index contributed by atoms with van der Waals surface area (Å²) in [4.78, 5) is 19.9. The Morgan fingerprint density at radius 3 is 2.31 bits per heavy atom. The monoisotopic (exact) mass is 237 g/mol. The van der Waals surface area contributed by atoms with Crippen molar-refractivity contribution >= 4 is 11.5 Å². The highest BCUT2D eigenvalue weighted by Crippen LogP contribution is 2.25. The Hall–Kier alpha value is -1.99. The number of rotatable bonds is 2. The zero-order chi connectivity index (χ0) is 12.5. The lowest BCUT2D eigenvalue weighted by Crippen LogP contribution is -2.23. The first-order valence-electron chi connectivity index (χ1n) is 3.79. The van der Waals surface area contributed by atoms with Crippen molar-refractivity contribution in [2.75, 3.05) is 0 Å². The van der Waals surface area contributed by atoms with Crippen LogP contribution in [0.5, 0.6) is 0 Å². The van der Waals surface area contributed by atoms with Crippen molar-refractivity contribution in [3.05, 3.63) is 39.7 Å². The number of nitro groups is 1. The van der Waals surface area contributed by atoms with Crippen LogP contribution in [0, 0.1) is 15.9 Å². The highest BCUT2D eigenvalue weighted by molar-refractivity contribution is 6.00. The van der Waals surface area contributed by atoms with Crippen molar-refractivity contribution < 1.29 is 27.3 Å². The van der Waals surface area contributed by atoms with Gasteiger partial charge < -0.3 is 0 Å². The maximum atomic E-state index is 12.9. The maximum Gasteiger partial charge on any atom is 0.454 e. The van der Waals surface area contributed by atoms with Crippen LogP contribution in [0.25, 0.3) is 0 Å². The van der Waals surface area contributed by atoms with Crippen LogP contribution >= 0.6 is 0 Å². The molecule has 0 aromatic heterocycles. The van der Waals surface area contributed by atoms with E-state index in [0.29, 0.717) is 12.1 Å². The summed E-state index contributed by atoms with van der Waals surface area (Å²) in [7, 11) is 0. The van der Waals surface area contributed by atoms with Crippen LogP contribution in [0.1, 0.15) is 10.4 Å². The maximum absolute atomic E-state index is 12.9. The van der Waals surface area contributed by atoms with Crippen molar-refractivity contribution in [3.63, 3.8) is 0 Å². The van der Waals surface area contributed by atoms with Crippen LogP contribution < -0.4 is 0 Å². The Morgan fingerprint density at radius 1 is 1.31 bits per heavy atom. The molecule has 1 aromatic rings. The van der Waals surface area contributed by atoms with Crippen molar-refractivity contribution in [1.29, 1.82) is 0 Å². The summed E-state index contributed by atoms with van der Waals surface area (Å²) in [6, 6.07) is 1.37. The van der Waals surface area contributed by atoms with E-state index in [2.05, 4.69) is 0 Å². The topological polar surface area (TPSA) is 60.2 Å². The molecule has 0 aliphatic rings. The van der Waals surface area contributed by atoms with E-state index < -0.39 is 34.0 Å². The average molecular weight is 237 g/mol. The van der Waals surface area contributed by atoms with Gasteiger partial charge in [-0.25, -0.2) is 4.39 Å². The SMILES string of the molecule is O=C(c1cc([N+](=O)[O-])ccc1F)C(F)(F)F. The number of halogens is 4. The molecule has 16 heavy (non-hydrogen) atoms. The number of Topliss-reactive ketones (excluding diaryl/α,β-unsaturated/α-hetero) is 1. The normalized spacial score (nSPS) is 11.2. The van der Waals surface area contributed by atoms with Crippen LogP contribution in [0.15, 0.2) is 18.2 Å². The first-order valence-corrected chi connectivity index (χ1v) is 3.79. The molecule has 86 valence electrons. The number of hydrogen-bond acceptors (Lipinski definition) is 3. The molecule has 0 aliphatic heterocycles. The standard InChI is InChI=1S/C8H3F4NO3/c9-6-2-1-4(13(15)16)3-5(6)7(14)8(10,11)12/h1-3H. The molecule has 0 radical (unpaired) electrons. The van der Waals surface area contributed by atoms with E-state index in [-0.39, 0.29) is 6.07 Å². The van der Waals surface area contributed by atoms with Gasteiger partial charge in [-0.1, -0.05) is 0 Å². The lowest BCUT2D eigenvalue weighted by atomic mass is 10.1. The molecule has 0 aliphatic carbocycles. The summed E-state index contributed by atoms with van der Waals surface area (Å²) in [5.41, 5.74) is -2.14. The largest absolute Gasteiger partial charge is 0.454 e. The summed E-state index contributed by atoms with van der Waals surface area (Å²) in [5.74, 6) is -3.90. The van der Waals surface area contributed by atoms with Crippen LogP contribution in [0.2, 0.25) is 0 Å². The molecule has 0 bridgehead atoms. The molecule has 0 atom stereocenters. The Bertz CT molecular complexity index is 455. The highest BCUT2D eigenvalue weighted by atomic mass is 19.4. The fourth-order valence-electron chi connectivity index (χ4n) is 0.954. The van der Waals surface area contributed by atoms with Gasteiger partial charge in [0.05, 0.1) is 10.5 Å². The molecule has 8 heteroatoms. The van der Waals surface area contributed by atoms with Crippen molar-refractivity contribution in [3.8, 4) is 0 Å². The molecular weight excluding hydrogens is 234 g/mol. The lowest BCUT2D eigenvalue weighted by Gasteiger charge is -2.05. The second-order valence-electron chi connectivity index (χ2n) is 2.75. The first-order chi connectivity index (χ1) is 7.23. The van der Waals surface area contributed by atoms with Gasteiger partial charge in [0.2, 0.25) is 0 Å². The van der Waals surface area contributed by atoms with Gasteiger partial charge in [-0.2, -0.15) is 13.2 Å². The van der Waals surface area contributed by atoms with Gasteiger partial charge in [0, 0.05) is 12.1 Å². The molecular formula is C8H3F4NO3. The van der Waals surface area contributed by atoms with E-state index in [9.17, 15) is 32.5 Å². The van der Waals surface area contributed by atoms with E-state index in [1.807, 2.05) is 0 Å². The fourth-order valence-corrected chi connectivity index (χ4v) is 0.954. The van der Waals surface area contributed by atoms with Gasteiger partial charge in [-0.3, -0.25) is 14.9 Å². The Morgan fingerprint density at radius 2 is 1.88 bits per heavy atom. The van der Waals surface area contributed by atoms with Crippen LogP contribution in [-0.2, 0) is 0 Å². The molecule has 0 saturated carbocycles. The quantitative estimate of drug-likeness (QED) is 0.343. The predicted octanol–water partition coefficient (Wildman–Crippen LogP) is 2.48. The predicted molar refractivity (Wildman–Crippen MR) is 43.4 cm³/mol. The number of benzene rings is 1. The van der Waals surface area contributed by atoms with E-state index in [0.717, 1.165) is 0 Å². The van der Waals surface area contributed by atoms with Gasteiger partial charge in [-0.15, -0.1) is 0 Å². The number of nitrogens with zero attached hydrogens (tertiary/aromatic N) is 1. The number of ketones is 1. The minimum absolute atomic E-state index is 0.255. The first kappa shape index (κ1) is 12.1. The molecule has 1 aromatic carbocycles. The van der Waals surface area contributed by atoms with Crippen LogP contribution in [-0.4, -0.2) is 16.9 Å². The molecule has 4 nitrogen and oxygen atoms in total. The summed E-state index contributed by atoms with van der Waals surface area (Å²) < 4.78 is 48.8.